The maximum absolute atomic E-state index is 5.96. The molecule has 5 heteroatoms. The first-order chi connectivity index (χ1) is 9.78. The molecular weight excluding hydrogens is 268 g/mol. The van der Waals surface area contributed by atoms with Crippen molar-refractivity contribution in [1.29, 1.82) is 0 Å². The van der Waals surface area contributed by atoms with Gasteiger partial charge >= 0.3 is 0 Å². The van der Waals surface area contributed by atoms with Gasteiger partial charge < -0.3 is 10.6 Å². The topological polar surface area (TPSA) is 55.0 Å². The Morgan fingerprint density at radius 3 is 2.75 bits per heavy atom. The Kier molecular flexibility index (Phi) is 3.81. The molecule has 2 aromatic rings. The van der Waals surface area contributed by atoms with Crippen molar-refractivity contribution in [2.24, 2.45) is 5.73 Å². The Labute approximate surface area is 123 Å². The fraction of sp³-hybridized carbons (Fsp3) is 0.467. The van der Waals surface area contributed by atoms with Crippen LogP contribution in [0, 0.1) is 0 Å². The van der Waals surface area contributed by atoms with E-state index in [1.165, 1.54) is 11.1 Å². The lowest BCUT2D eigenvalue weighted by atomic mass is 9.95. The van der Waals surface area contributed by atoms with Crippen LogP contribution in [0.2, 0.25) is 0 Å². The SMILES string of the molecule is CSC1(CN)CCN(c2cnnc3ccccc23)CC1. The fourth-order valence-electron chi connectivity index (χ4n) is 2.89. The van der Waals surface area contributed by atoms with Crippen molar-refractivity contribution in [3.63, 3.8) is 0 Å². The molecule has 1 saturated heterocycles. The molecule has 0 bridgehead atoms. The van der Waals surface area contributed by atoms with Gasteiger partial charge in [-0.2, -0.15) is 22.0 Å². The number of nitrogens with zero attached hydrogens (tertiary/aromatic N) is 3. The molecule has 2 N–H and O–H groups in total. The fourth-order valence-corrected chi connectivity index (χ4v) is 3.65. The van der Waals surface area contributed by atoms with E-state index in [-0.39, 0.29) is 4.75 Å². The number of rotatable bonds is 3. The number of benzene rings is 1. The largest absolute Gasteiger partial charge is 0.370 e. The highest BCUT2D eigenvalue weighted by atomic mass is 32.2. The molecule has 1 aliphatic rings. The van der Waals surface area contributed by atoms with E-state index in [1.54, 1.807) is 0 Å². The molecule has 0 spiro atoms. The van der Waals surface area contributed by atoms with Crippen LogP contribution in [0.5, 0.6) is 0 Å². The molecule has 1 aliphatic heterocycles. The van der Waals surface area contributed by atoms with Gasteiger partial charge in [-0.3, -0.25) is 0 Å². The Hall–Kier alpha value is -1.33. The number of hydrogen-bond donors (Lipinski definition) is 1. The van der Waals surface area contributed by atoms with E-state index in [0.717, 1.165) is 38.0 Å². The van der Waals surface area contributed by atoms with Gasteiger partial charge in [-0.05, 0) is 25.2 Å². The molecule has 0 atom stereocenters. The Bertz CT molecular complexity index is 582. The molecule has 4 nitrogen and oxygen atoms in total. The van der Waals surface area contributed by atoms with Crippen molar-refractivity contribution in [2.45, 2.75) is 17.6 Å². The maximum atomic E-state index is 5.96. The molecule has 0 amide bonds. The molecule has 0 unspecified atom stereocenters. The van der Waals surface area contributed by atoms with E-state index in [2.05, 4.69) is 33.5 Å². The van der Waals surface area contributed by atoms with E-state index in [4.69, 9.17) is 5.73 Å². The molecular formula is C15H20N4S. The molecule has 1 aromatic carbocycles. The first-order valence-electron chi connectivity index (χ1n) is 6.99. The third-order valence-corrected chi connectivity index (χ3v) is 5.79. The molecule has 2 heterocycles. The number of anilines is 1. The van der Waals surface area contributed by atoms with Crippen LogP contribution in [-0.2, 0) is 0 Å². The van der Waals surface area contributed by atoms with Crippen LogP contribution in [0.25, 0.3) is 10.9 Å². The van der Waals surface area contributed by atoms with Crippen LogP contribution >= 0.6 is 11.8 Å². The smallest absolute Gasteiger partial charge is 0.0950 e. The summed E-state index contributed by atoms with van der Waals surface area (Å²) in [6, 6.07) is 8.20. The first kappa shape index (κ1) is 13.6. The van der Waals surface area contributed by atoms with Crippen molar-refractivity contribution in [3.8, 4) is 0 Å². The summed E-state index contributed by atoms with van der Waals surface area (Å²) >= 11 is 1.91. The number of hydrogen-bond acceptors (Lipinski definition) is 5. The highest BCUT2D eigenvalue weighted by Crippen LogP contribution is 2.36. The van der Waals surface area contributed by atoms with Crippen molar-refractivity contribution in [3.05, 3.63) is 30.5 Å². The second-order valence-corrected chi connectivity index (χ2v) is 6.60. The van der Waals surface area contributed by atoms with E-state index in [0.29, 0.717) is 0 Å². The monoisotopic (exact) mass is 288 g/mol. The zero-order chi connectivity index (χ0) is 14.0. The van der Waals surface area contributed by atoms with Gasteiger partial charge in [0.15, 0.2) is 0 Å². The van der Waals surface area contributed by atoms with Crippen LogP contribution in [0.4, 0.5) is 5.69 Å². The summed E-state index contributed by atoms with van der Waals surface area (Å²) < 4.78 is 0.257. The predicted molar refractivity (Wildman–Crippen MR) is 86.3 cm³/mol. The van der Waals surface area contributed by atoms with Crippen LogP contribution in [0.3, 0.4) is 0 Å². The minimum Gasteiger partial charge on any atom is -0.370 e. The second-order valence-electron chi connectivity index (χ2n) is 5.33. The third-order valence-electron chi connectivity index (χ3n) is 4.35. The quantitative estimate of drug-likeness (QED) is 0.939. The highest BCUT2D eigenvalue weighted by Gasteiger charge is 2.33. The van der Waals surface area contributed by atoms with Gasteiger partial charge in [0.2, 0.25) is 0 Å². The number of fused-ring (bicyclic) bond motifs is 1. The van der Waals surface area contributed by atoms with Crippen LogP contribution in [-0.4, -0.2) is 40.8 Å². The van der Waals surface area contributed by atoms with Gasteiger partial charge in [0.1, 0.15) is 0 Å². The molecule has 1 fully saturated rings. The summed E-state index contributed by atoms with van der Waals surface area (Å²) in [4.78, 5) is 2.42. The highest BCUT2D eigenvalue weighted by molar-refractivity contribution is 8.00. The lowest BCUT2D eigenvalue weighted by Crippen LogP contribution is -2.46. The average molecular weight is 288 g/mol. The van der Waals surface area contributed by atoms with E-state index >= 15 is 0 Å². The van der Waals surface area contributed by atoms with Crippen molar-refractivity contribution >= 4 is 28.4 Å². The minimum atomic E-state index is 0.257. The summed E-state index contributed by atoms with van der Waals surface area (Å²) in [7, 11) is 0. The zero-order valence-corrected chi connectivity index (χ0v) is 12.6. The van der Waals surface area contributed by atoms with Gasteiger partial charge in [-0.15, -0.1) is 0 Å². The Balaban J connectivity index is 1.87. The number of piperidine rings is 1. The number of aromatic nitrogens is 2. The van der Waals surface area contributed by atoms with E-state index in [1.807, 2.05) is 30.1 Å². The average Bonchev–Trinajstić information content (AvgIpc) is 2.54. The Morgan fingerprint density at radius 1 is 1.30 bits per heavy atom. The van der Waals surface area contributed by atoms with Crippen molar-refractivity contribution in [1.82, 2.24) is 10.2 Å². The summed E-state index contributed by atoms with van der Waals surface area (Å²) in [5, 5.41) is 9.53. The lowest BCUT2D eigenvalue weighted by molar-refractivity contribution is 0.457. The normalized spacial score (nSPS) is 18.4. The second kappa shape index (κ2) is 5.58. The van der Waals surface area contributed by atoms with Crippen LogP contribution in [0.1, 0.15) is 12.8 Å². The van der Waals surface area contributed by atoms with Gasteiger partial charge in [-0.25, -0.2) is 0 Å². The van der Waals surface area contributed by atoms with Crippen molar-refractivity contribution < 1.29 is 0 Å². The summed E-state index contributed by atoms with van der Waals surface area (Å²) in [5.74, 6) is 0. The predicted octanol–water partition coefficient (Wildman–Crippen LogP) is 2.29. The molecule has 20 heavy (non-hydrogen) atoms. The lowest BCUT2D eigenvalue weighted by Gasteiger charge is -2.41. The molecule has 106 valence electrons. The maximum Gasteiger partial charge on any atom is 0.0950 e. The number of thioether (sulfide) groups is 1. The third kappa shape index (κ3) is 2.36. The summed E-state index contributed by atoms with van der Waals surface area (Å²) in [5.41, 5.74) is 8.12. The zero-order valence-electron chi connectivity index (χ0n) is 11.7. The molecule has 1 aromatic heterocycles. The first-order valence-corrected chi connectivity index (χ1v) is 8.21. The molecule has 0 aliphatic carbocycles. The standard InChI is InChI=1S/C15H20N4S/c1-20-15(11-16)6-8-19(9-7-15)14-10-17-18-13-5-3-2-4-12(13)14/h2-5,10H,6-9,11,16H2,1H3. The minimum absolute atomic E-state index is 0.257. The van der Waals surface area contributed by atoms with Crippen LogP contribution in [0.15, 0.2) is 30.5 Å². The van der Waals surface area contributed by atoms with Crippen LogP contribution < -0.4 is 10.6 Å². The van der Waals surface area contributed by atoms with Crippen molar-refractivity contribution in [2.75, 3.05) is 30.8 Å². The van der Waals surface area contributed by atoms with E-state index < -0.39 is 0 Å². The van der Waals surface area contributed by atoms with Gasteiger partial charge in [0.05, 0.1) is 17.4 Å². The summed E-state index contributed by atoms with van der Waals surface area (Å²) in [6.45, 7) is 2.83. The van der Waals surface area contributed by atoms with Gasteiger partial charge in [0, 0.05) is 29.8 Å². The Morgan fingerprint density at radius 2 is 2.05 bits per heavy atom. The molecule has 0 saturated carbocycles. The van der Waals surface area contributed by atoms with Gasteiger partial charge in [0.25, 0.3) is 0 Å². The van der Waals surface area contributed by atoms with E-state index in [9.17, 15) is 0 Å². The molecule has 0 radical (unpaired) electrons. The summed E-state index contributed by atoms with van der Waals surface area (Å²) in [6.07, 6.45) is 6.31. The van der Waals surface area contributed by atoms with Gasteiger partial charge in [-0.1, -0.05) is 18.2 Å². The molecule has 3 rings (SSSR count). The number of nitrogens with two attached hydrogens (primary N) is 1.